The third-order valence-electron chi connectivity index (χ3n) is 7.46. The molecule has 0 atom stereocenters. The van der Waals surface area contributed by atoms with Gasteiger partial charge in [0.15, 0.2) is 0 Å². The fourth-order valence-electron chi connectivity index (χ4n) is 5.41. The van der Waals surface area contributed by atoms with Crippen molar-refractivity contribution in [3.8, 4) is 67.5 Å². The van der Waals surface area contributed by atoms with Gasteiger partial charge in [-0.2, -0.15) is 0 Å². The molecule has 0 bridgehead atoms. The van der Waals surface area contributed by atoms with Crippen molar-refractivity contribution in [3.63, 3.8) is 0 Å². The molecule has 1 aromatic heterocycles. The Labute approximate surface area is 258 Å². The lowest BCUT2D eigenvalue weighted by atomic mass is 9.81. The molecule has 0 spiro atoms. The van der Waals surface area contributed by atoms with Crippen LogP contribution in [0.4, 0.5) is 0 Å². The Balaban J connectivity index is 1.81. The maximum absolute atomic E-state index is 5.53. The Hall–Kier alpha value is -4.26. The predicted octanol–water partition coefficient (Wildman–Crippen LogP) is 10.4. The van der Waals surface area contributed by atoms with E-state index in [2.05, 4.69) is 70.5 Å². The zero-order chi connectivity index (χ0) is 29.2. The molecule has 6 heteroatoms. The van der Waals surface area contributed by atoms with Gasteiger partial charge in [-0.05, 0) is 109 Å². The van der Waals surface area contributed by atoms with Crippen molar-refractivity contribution in [2.75, 3.05) is 28.4 Å². The molecule has 0 fully saturated rings. The number of hydrogen-bond donors (Lipinski definition) is 0. The summed E-state index contributed by atoms with van der Waals surface area (Å²) in [7, 11) is 6.77. The minimum Gasteiger partial charge on any atom is -0.497 e. The smallest absolute Gasteiger partial charge is 0.118 e. The highest BCUT2D eigenvalue weighted by Gasteiger charge is 2.25. The highest BCUT2D eigenvalue weighted by atomic mass is 79.9. The molecule has 0 radical (unpaired) electrons. The van der Waals surface area contributed by atoms with Crippen LogP contribution in [0.15, 0.2) is 107 Å². The molecule has 0 saturated carbocycles. The van der Waals surface area contributed by atoms with Crippen LogP contribution in [0.5, 0.6) is 23.0 Å². The molecule has 0 saturated heterocycles. The standard InChI is InChI=1S/C36H29BrO4S/c1-38-26-13-5-22(6-14-26)32-30-21-31(37)42-36(30)35(25-11-19-29(41-4)20-12-25)34(24-9-17-28(40-3)18-10-24)33(32)23-7-15-27(39-2)16-8-23/h5-21H,1-4H3. The van der Waals surface area contributed by atoms with Gasteiger partial charge in [-0.15, -0.1) is 11.3 Å². The zero-order valence-corrected chi connectivity index (χ0v) is 26.1. The van der Waals surface area contributed by atoms with Gasteiger partial charge in [-0.1, -0.05) is 48.5 Å². The summed E-state index contributed by atoms with van der Waals surface area (Å²) >= 11 is 5.57. The van der Waals surface area contributed by atoms with E-state index in [-0.39, 0.29) is 0 Å². The van der Waals surface area contributed by atoms with Crippen LogP contribution in [-0.4, -0.2) is 28.4 Å². The number of hydrogen-bond acceptors (Lipinski definition) is 5. The summed E-state index contributed by atoms with van der Waals surface area (Å²) in [5.74, 6) is 3.26. The quantitative estimate of drug-likeness (QED) is 0.166. The predicted molar refractivity (Wildman–Crippen MR) is 177 cm³/mol. The third-order valence-corrected chi connectivity index (χ3v) is 9.12. The second-order valence-corrected chi connectivity index (χ2v) is 12.1. The average molecular weight is 638 g/mol. The molecule has 0 aliphatic heterocycles. The summed E-state index contributed by atoms with van der Waals surface area (Å²) < 4.78 is 24.3. The van der Waals surface area contributed by atoms with E-state index >= 15 is 0 Å². The lowest BCUT2D eigenvalue weighted by Crippen LogP contribution is -1.97. The van der Waals surface area contributed by atoms with Crippen LogP contribution in [0.3, 0.4) is 0 Å². The minimum absolute atomic E-state index is 0.811. The summed E-state index contributed by atoms with van der Waals surface area (Å²) in [5, 5.41) is 1.17. The van der Waals surface area contributed by atoms with Crippen molar-refractivity contribution in [3.05, 3.63) is 107 Å². The second-order valence-electron chi connectivity index (χ2n) is 9.71. The van der Waals surface area contributed by atoms with Gasteiger partial charge >= 0.3 is 0 Å². The van der Waals surface area contributed by atoms with Crippen molar-refractivity contribution < 1.29 is 18.9 Å². The maximum atomic E-state index is 5.53. The van der Waals surface area contributed by atoms with Crippen LogP contribution in [0.25, 0.3) is 54.6 Å². The fraction of sp³-hybridized carbons (Fsp3) is 0.111. The van der Waals surface area contributed by atoms with Crippen molar-refractivity contribution in [2.24, 2.45) is 0 Å². The summed E-state index contributed by atoms with van der Waals surface area (Å²) in [6.07, 6.45) is 0. The van der Waals surface area contributed by atoms with Gasteiger partial charge in [0.1, 0.15) is 23.0 Å². The SMILES string of the molecule is COc1ccc(-c2c(-c3ccc(OC)cc3)c(-c3ccc(OC)cc3)c3sc(Br)cc3c2-c2ccc(OC)cc2)cc1. The first-order valence-corrected chi connectivity index (χ1v) is 15.0. The summed E-state index contributed by atoms with van der Waals surface area (Å²) in [4.78, 5) is 0. The van der Waals surface area contributed by atoms with Gasteiger partial charge in [-0.25, -0.2) is 0 Å². The zero-order valence-electron chi connectivity index (χ0n) is 23.7. The van der Waals surface area contributed by atoms with E-state index in [0.717, 1.165) is 71.3 Å². The lowest BCUT2D eigenvalue weighted by molar-refractivity contribution is 0.414. The van der Waals surface area contributed by atoms with Crippen molar-refractivity contribution in [1.29, 1.82) is 0 Å². The Morgan fingerprint density at radius 1 is 0.429 bits per heavy atom. The van der Waals surface area contributed by atoms with Gasteiger partial charge in [0, 0.05) is 15.6 Å². The van der Waals surface area contributed by atoms with E-state index in [1.54, 1.807) is 39.8 Å². The van der Waals surface area contributed by atoms with Crippen LogP contribution in [-0.2, 0) is 0 Å². The molecular weight excluding hydrogens is 608 g/mol. The molecule has 0 unspecified atom stereocenters. The Morgan fingerprint density at radius 3 is 1.10 bits per heavy atom. The van der Waals surface area contributed by atoms with Crippen LogP contribution in [0, 0.1) is 0 Å². The summed E-state index contributed by atoms with van der Waals surface area (Å²) in [5.41, 5.74) is 8.99. The first-order chi connectivity index (χ1) is 20.5. The summed E-state index contributed by atoms with van der Waals surface area (Å²) in [6.45, 7) is 0. The average Bonchev–Trinajstić information content (AvgIpc) is 3.44. The van der Waals surface area contributed by atoms with E-state index in [4.69, 9.17) is 18.9 Å². The van der Waals surface area contributed by atoms with Crippen LogP contribution < -0.4 is 18.9 Å². The van der Waals surface area contributed by atoms with Crippen LogP contribution in [0.2, 0.25) is 0 Å². The third kappa shape index (κ3) is 5.13. The Morgan fingerprint density at radius 2 is 0.738 bits per heavy atom. The number of halogens is 1. The van der Waals surface area contributed by atoms with Crippen molar-refractivity contribution in [1.82, 2.24) is 0 Å². The summed E-state index contributed by atoms with van der Waals surface area (Å²) in [6, 6.07) is 35.5. The highest BCUT2D eigenvalue weighted by molar-refractivity contribution is 9.11. The highest BCUT2D eigenvalue weighted by Crippen LogP contribution is 2.54. The molecular formula is C36H29BrO4S. The maximum Gasteiger partial charge on any atom is 0.118 e. The molecule has 5 aromatic carbocycles. The number of fused-ring (bicyclic) bond motifs is 1. The van der Waals surface area contributed by atoms with E-state index in [1.807, 2.05) is 48.5 Å². The second kappa shape index (κ2) is 11.9. The first kappa shape index (κ1) is 27.9. The molecule has 0 aliphatic rings. The first-order valence-electron chi connectivity index (χ1n) is 13.4. The fourth-order valence-corrected chi connectivity index (χ4v) is 7.09. The molecule has 4 nitrogen and oxygen atoms in total. The van der Waals surface area contributed by atoms with Crippen molar-refractivity contribution in [2.45, 2.75) is 0 Å². The van der Waals surface area contributed by atoms with E-state index in [1.165, 1.54) is 10.1 Å². The number of methoxy groups -OCH3 is 4. The van der Waals surface area contributed by atoms with Crippen LogP contribution >= 0.6 is 27.3 Å². The van der Waals surface area contributed by atoms with Gasteiger partial charge in [0.05, 0.1) is 32.2 Å². The molecule has 0 N–H and O–H groups in total. The topological polar surface area (TPSA) is 36.9 Å². The number of thiophene rings is 1. The molecule has 1 heterocycles. The molecule has 210 valence electrons. The van der Waals surface area contributed by atoms with E-state index in [9.17, 15) is 0 Å². The monoisotopic (exact) mass is 636 g/mol. The lowest BCUT2D eigenvalue weighted by Gasteiger charge is -2.23. The van der Waals surface area contributed by atoms with E-state index < -0.39 is 0 Å². The molecule has 6 rings (SSSR count). The van der Waals surface area contributed by atoms with Gasteiger partial charge < -0.3 is 18.9 Å². The van der Waals surface area contributed by atoms with Gasteiger partial charge in [0.25, 0.3) is 0 Å². The van der Waals surface area contributed by atoms with E-state index in [0.29, 0.717) is 0 Å². The van der Waals surface area contributed by atoms with Crippen molar-refractivity contribution >= 4 is 37.4 Å². The number of rotatable bonds is 8. The number of benzene rings is 5. The molecule has 0 aliphatic carbocycles. The molecule has 42 heavy (non-hydrogen) atoms. The van der Waals surface area contributed by atoms with Gasteiger partial charge in [-0.3, -0.25) is 0 Å². The van der Waals surface area contributed by atoms with Gasteiger partial charge in [0.2, 0.25) is 0 Å². The minimum atomic E-state index is 0.811. The Bertz CT molecular complexity index is 1700. The largest absolute Gasteiger partial charge is 0.497 e. The number of ether oxygens (including phenoxy) is 4. The Kier molecular flexibility index (Phi) is 7.92. The molecule has 6 aromatic rings. The normalized spacial score (nSPS) is 11.0. The van der Waals surface area contributed by atoms with Crippen LogP contribution in [0.1, 0.15) is 0 Å². The molecule has 0 amide bonds.